The number of pyridine rings is 1. The summed E-state index contributed by atoms with van der Waals surface area (Å²) in [6.45, 7) is 4.18. The number of halogens is 2. The van der Waals surface area contributed by atoms with E-state index in [2.05, 4.69) is 0 Å². The lowest BCUT2D eigenvalue weighted by molar-refractivity contribution is -0.674. The summed E-state index contributed by atoms with van der Waals surface area (Å²) < 4.78 is 15.4. The average Bonchev–Trinajstić information content (AvgIpc) is 2.59. The molecule has 0 bridgehead atoms. The molecule has 1 aromatic heterocycles. The van der Waals surface area contributed by atoms with Crippen molar-refractivity contribution in [3.05, 3.63) is 89.4 Å². The van der Waals surface area contributed by atoms with E-state index in [1.165, 1.54) is 12.3 Å². The molecule has 0 N–H and O–H groups in total. The van der Waals surface area contributed by atoms with Gasteiger partial charge >= 0.3 is 0 Å². The fourth-order valence-corrected chi connectivity index (χ4v) is 3.09. The lowest BCUT2D eigenvalue weighted by Crippen LogP contribution is -3.00. The molecule has 3 aromatic rings. The molecule has 0 saturated heterocycles. The summed E-state index contributed by atoms with van der Waals surface area (Å²) in [6.07, 6.45) is 1.75. The van der Waals surface area contributed by atoms with Crippen LogP contribution in [0.15, 0.2) is 66.9 Å². The first-order valence-corrected chi connectivity index (χ1v) is 8.36. The predicted octanol–water partition coefficient (Wildman–Crippen LogP) is 1.21. The van der Waals surface area contributed by atoms with E-state index < -0.39 is 0 Å². The summed E-state index contributed by atoms with van der Waals surface area (Å²) in [5.74, 6) is -0.287. The van der Waals surface area contributed by atoms with Crippen molar-refractivity contribution in [3.63, 3.8) is 0 Å². The highest BCUT2D eigenvalue weighted by Crippen LogP contribution is 2.16. The largest absolute Gasteiger partial charge is 1.00 e. The Kier molecular flexibility index (Phi) is 6.81. The van der Waals surface area contributed by atoms with E-state index in [4.69, 9.17) is 0 Å². The molecule has 0 aliphatic carbocycles. The van der Waals surface area contributed by atoms with Crippen LogP contribution < -0.4 is 21.5 Å². The third-order valence-corrected chi connectivity index (χ3v) is 4.42. The Hall–Kier alpha value is -2.33. The van der Waals surface area contributed by atoms with E-state index in [-0.39, 0.29) is 35.1 Å². The molecule has 0 radical (unpaired) electrons. The third-order valence-electron chi connectivity index (χ3n) is 4.42. The number of benzene rings is 2. The summed E-state index contributed by atoms with van der Waals surface area (Å²) >= 11 is 0. The molecule has 0 spiro atoms. The summed E-state index contributed by atoms with van der Waals surface area (Å²) in [7, 11) is 0. The van der Waals surface area contributed by atoms with Crippen LogP contribution in [0.5, 0.6) is 0 Å². The minimum absolute atomic E-state index is 0. The molecule has 26 heavy (non-hydrogen) atoms. The molecular formula is C22H21BrFNO. The maximum Gasteiger partial charge on any atom is 0.213 e. The standard InChI is InChI=1S/C22H21FNO.BrH/c1-16-7-6-8-17(2)21(16)13-20(25)15-24-14-19(23)11-12-22(24)18-9-4-3-5-10-18;/h3-12,14H,13,15H2,1-2H3;1H/q+1;/p-1. The van der Waals surface area contributed by atoms with Gasteiger partial charge in [-0.1, -0.05) is 36.4 Å². The number of rotatable bonds is 5. The summed E-state index contributed by atoms with van der Waals surface area (Å²) in [4.78, 5) is 12.6. The van der Waals surface area contributed by atoms with Gasteiger partial charge in [-0.2, -0.15) is 4.57 Å². The molecule has 0 saturated carbocycles. The maximum atomic E-state index is 13.7. The molecule has 2 aromatic carbocycles. The second-order valence-corrected chi connectivity index (χ2v) is 6.31. The molecule has 0 aliphatic rings. The van der Waals surface area contributed by atoms with Gasteiger partial charge in [0.1, 0.15) is 0 Å². The number of carbonyl (C=O) groups excluding carboxylic acids is 1. The van der Waals surface area contributed by atoms with E-state index >= 15 is 0 Å². The van der Waals surface area contributed by atoms with Crippen LogP contribution in [0.25, 0.3) is 11.3 Å². The van der Waals surface area contributed by atoms with Gasteiger partial charge in [0.15, 0.2) is 5.82 Å². The van der Waals surface area contributed by atoms with Gasteiger partial charge in [-0.15, -0.1) is 0 Å². The second kappa shape index (κ2) is 8.86. The molecule has 0 atom stereocenters. The average molecular weight is 414 g/mol. The van der Waals surface area contributed by atoms with Crippen LogP contribution in [0.4, 0.5) is 4.39 Å². The van der Waals surface area contributed by atoms with E-state index in [1.807, 2.05) is 62.4 Å². The summed E-state index contributed by atoms with van der Waals surface area (Å²) in [5, 5.41) is 0. The summed E-state index contributed by atoms with van der Waals surface area (Å²) in [5.41, 5.74) is 5.08. The van der Waals surface area contributed by atoms with Crippen LogP contribution in [0, 0.1) is 19.7 Å². The zero-order valence-electron chi connectivity index (χ0n) is 14.9. The van der Waals surface area contributed by atoms with Crippen LogP contribution in [0.1, 0.15) is 16.7 Å². The molecule has 4 heteroatoms. The van der Waals surface area contributed by atoms with Crippen molar-refractivity contribution in [2.75, 3.05) is 0 Å². The Morgan fingerprint density at radius 2 is 1.58 bits per heavy atom. The lowest BCUT2D eigenvalue weighted by atomic mass is 9.98. The van der Waals surface area contributed by atoms with Gasteiger partial charge in [-0.3, -0.25) is 4.79 Å². The zero-order chi connectivity index (χ0) is 17.8. The number of carbonyl (C=O) groups is 1. The first-order chi connectivity index (χ1) is 12.0. The fraction of sp³-hybridized carbons (Fsp3) is 0.182. The number of hydrogen-bond acceptors (Lipinski definition) is 1. The molecular weight excluding hydrogens is 393 g/mol. The minimum atomic E-state index is -0.348. The van der Waals surface area contributed by atoms with Crippen LogP contribution in [0.3, 0.4) is 0 Å². The van der Waals surface area contributed by atoms with E-state index in [0.717, 1.165) is 27.9 Å². The highest BCUT2D eigenvalue weighted by Gasteiger charge is 2.19. The molecule has 0 aliphatic heterocycles. The van der Waals surface area contributed by atoms with Gasteiger partial charge in [-0.05, 0) is 48.7 Å². The number of hydrogen-bond donors (Lipinski definition) is 0. The smallest absolute Gasteiger partial charge is 0.213 e. The van der Waals surface area contributed by atoms with Gasteiger partial charge in [-0.25, -0.2) is 4.39 Å². The Bertz CT molecular complexity index is 889. The molecule has 0 amide bonds. The van der Waals surface area contributed by atoms with Crippen molar-refractivity contribution in [3.8, 4) is 11.3 Å². The Balaban J connectivity index is 0.00000243. The highest BCUT2D eigenvalue weighted by molar-refractivity contribution is 5.80. The lowest BCUT2D eigenvalue weighted by Gasteiger charge is -2.09. The van der Waals surface area contributed by atoms with Gasteiger partial charge in [0.2, 0.25) is 24.2 Å². The maximum absolute atomic E-state index is 13.7. The van der Waals surface area contributed by atoms with Crippen molar-refractivity contribution in [1.82, 2.24) is 0 Å². The second-order valence-electron chi connectivity index (χ2n) is 6.31. The number of nitrogens with zero attached hydrogens (tertiary/aromatic N) is 1. The highest BCUT2D eigenvalue weighted by atomic mass is 79.9. The zero-order valence-corrected chi connectivity index (χ0v) is 16.5. The van der Waals surface area contributed by atoms with Gasteiger partial charge < -0.3 is 17.0 Å². The SMILES string of the molecule is Cc1cccc(C)c1CC(=O)C[n+]1cc(F)ccc1-c1ccccc1.[Br-]. The van der Waals surface area contributed by atoms with Gasteiger partial charge in [0.05, 0.1) is 0 Å². The van der Waals surface area contributed by atoms with Crippen molar-refractivity contribution in [2.24, 2.45) is 0 Å². The predicted molar refractivity (Wildman–Crippen MR) is 96.7 cm³/mol. The quantitative estimate of drug-likeness (QED) is 0.576. The van der Waals surface area contributed by atoms with Crippen molar-refractivity contribution in [2.45, 2.75) is 26.8 Å². The van der Waals surface area contributed by atoms with Crippen LogP contribution >= 0.6 is 0 Å². The van der Waals surface area contributed by atoms with Crippen LogP contribution in [-0.2, 0) is 17.8 Å². The Labute approximate surface area is 164 Å². The van der Waals surface area contributed by atoms with E-state index in [1.54, 1.807) is 10.6 Å². The Morgan fingerprint density at radius 3 is 2.23 bits per heavy atom. The number of Topliss-reactive ketones (excluding diaryl/α,β-unsaturated/α-hetero) is 1. The fourth-order valence-electron chi connectivity index (χ4n) is 3.09. The van der Waals surface area contributed by atoms with Crippen molar-refractivity contribution in [1.29, 1.82) is 0 Å². The number of ketones is 1. The van der Waals surface area contributed by atoms with E-state index in [9.17, 15) is 9.18 Å². The Morgan fingerprint density at radius 1 is 0.923 bits per heavy atom. The molecule has 134 valence electrons. The molecule has 1 heterocycles. The molecule has 0 unspecified atom stereocenters. The first kappa shape index (κ1) is 20.0. The number of aromatic nitrogens is 1. The normalized spacial score (nSPS) is 10.3. The molecule has 3 rings (SSSR count). The van der Waals surface area contributed by atoms with E-state index in [0.29, 0.717) is 6.42 Å². The molecule has 0 fully saturated rings. The molecule has 2 nitrogen and oxygen atoms in total. The van der Waals surface area contributed by atoms with Crippen LogP contribution in [-0.4, -0.2) is 5.78 Å². The van der Waals surface area contributed by atoms with Crippen LogP contribution in [0.2, 0.25) is 0 Å². The topological polar surface area (TPSA) is 20.9 Å². The minimum Gasteiger partial charge on any atom is -1.00 e. The van der Waals surface area contributed by atoms with Crippen molar-refractivity contribution >= 4 is 5.78 Å². The number of aryl methyl sites for hydroxylation is 2. The third kappa shape index (κ3) is 4.64. The first-order valence-electron chi connectivity index (χ1n) is 8.36. The van der Waals surface area contributed by atoms with Gasteiger partial charge in [0, 0.05) is 18.1 Å². The monoisotopic (exact) mass is 413 g/mol. The summed E-state index contributed by atoms with van der Waals surface area (Å²) in [6, 6.07) is 18.9. The van der Waals surface area contributed by atoms with Gasteiger partial charge in [0.25, 0.3) is 0 Å². The van der Waals surface area contributed by atoms with Crippen molar-refractivity contribution < 1.29 is 30.7 Å².